The van der Waals surface area contributed by atoms with Gasteiger partial charge in [0.05, 0.1) is 11.6 Å². The molecule has 0 spiro atoms. The lowest BCUT2D eigenvalue weighted by Crippen LogP contribution is -2.30. The van der Waals surface area contributed by atoms with E-state index in [2.05, 4.69) is 4.98 Å². The summed E-state index contributed by atoms with van der Waals surface area (Å²) in [5.74, 6) is 0.197. The zero-order chi connectivity index (χ0) is 24.1. The van der Waals surface area contributed by atoms with Crippen molar-refractivity contribution in [2.24, 2.45) is 13.0 Å². The Morgan fingerprint density at radius 3 is 2.53 bits per heavy atom. The number of fused-ring (bicyclic) bond motifs is 1. The van der Waals surface area contributed by atoms with Crippen LogP contribution >= 0.6 is 0 Å². The molecule has 0 N–H and O–H groups in total. The zero-order valence-electron chi connectivity index (χ0n) is 20.1. The number of nitrogens with zero attached hydrogens (tertiary/aromatic N) is 2. The molecule has 34 heavy (non-hydrogen) atoms. The first-order valence-corrected chi connectivity index (χ1v) is 12.0. The van der Waals surface area contributed by atoms with Crippen molar-refractivity contribution < 1.29 is 23.4 Å². The van der Waals surface area contributed by atoms with Crippen LogP contribution in [0.15, 0.2) is 42.5 Å². The number of carbonyl (C=O) groups is 1. The molecule has 0 saturated heterocycles. The van der Waals surface area contributed by atoms with Crippen molar-refractivity contribution in [3.63, 3.8) is 0 Å². The minimum absolute atomic E-state index is 0.0156. The number of aromatic nitrogens is 2. The van der Waals surface area contributed by atoms with Gasteiger partial charge in [-0.15, -0.1) is 0 Å². The molecule has 0 radical (unpaired) electrons. The highest BCUT2D eigenvalue weighted by Crippen LogP contribution is 2.31. The number of ketones is 1. The summed E-state index contributed by atoms with van der Waals surface area (Å²) >= 11 is 0. The Morgan fingerprint density at radius 1 is 1.12 bits per heavy atom. The topological polar surface area (TPSA) is 62.6 Å². The molecule has 7 heteroatoms. The molecular formula is C27H33FN2O4. The quantitative estimate of drug-likeness (QED) is 0.387. The van der Waals surface area contributed by atoms with E-state index in [0.29, 0.717) is 36.7 Å². The van der Waals surface area contributed by atoms with Crippen LogP contribution in [0, 0.1) is 11.7 Å². The predicted molar refractivity (Wildman–Crippen MR) is 129 cm³/mol. The normalized spacial score (nSPS) is 19.2. The SMILES string of the molecule is CC(=O)C[C@@H](C)COC1CCC(Oc2nc3ccc(OCc4ccccc4)c(F)c3n2C)CC1. The molecule has 1 atom stereocenters. The lowest BCUT2D eigenvalue weighted by molar-refractivity contribution is -0.118. The van der Waals surface area contributed by atoms with Crippen molar-refractivity contribution >= 4 is 16.8 Å². The van der Waals surface area contributed by atoms with Gasteiger partial charge in [0.1, 0.15) is 24.0 Å². The molecule has 182 valence electrons. The van der Waals surface area contributed by atoms with Gasteiger partial charge in [0.25, 0.3) is 6.01 Å². The summed E-state index contributed by atoms with van der Waals surface area (Å²) in [4.78, 5) is 15.7. The first-order chi connectivity index (χ1) is 16.4. The summed E-state index contributed by atoms with van der Waals surface area (Å²) in [5, 5.41) is 0. The van der Waals surface area contributed by atoms with Gasteiger partial charge in [-0.3, -0.25) is 4.57 Å². The average Bonchev–Trinajstić information content (AvgIpc) is 3.14. The summed E-state index contributed by atoms with van der Waals surface area (Å²) < 4.78 is 34.8. The van der Waals surface area contributed by atoms with E-state index in [4.69, 9.17) is 14.2 Å². The van der Waals surface area contributed by atoms with Gasteiger partial charge in [-0.2, -0.15) is 4.98 Å². The number of hydrogen-bond acceptors (Lipinski definition) is 5. The number of halogens is 1. The van der Waals surface area contributed by atoms with Gasteiger partial charge in [-0.25, -0.2) is 4.39 Å². The van der Waals surface area contributed by atoms with Crippen LogP contribution in [0.3, 0.4) is 0 Å². The zero-order valence-corrected chi connectivity index (χ0v) is 20.1. The first-order valence-electron chi connectivity index (χ1n) is 12.0. The number of ether oxygens (including phenoxy) is 3. The highest BCUT2D eigenvalue weighted by molar-refractivity contribution is 5.79. The molecule has 4 rings (SSSR count). The van der Waals surface area contributed by atoms with E-state index in [9.17, 15) is 4.79 Å². The van der Waals surface area contributed by atoms with Gasteiger partial charge in [-0.1, -0.05) is 37.3 Å². The third kappa shape index (κ3) is 5.95. The van der Waals surface area contributed by atoms with Crippen LogP contribution in [-0.4, -0.2) is 34.1 Å². The van der Waals surface area contributed by atoms with E-state index in [1.165, 1.54) is 0 Å². The standard InChI is InChI=1S/C27H33FN2O4/c1-18(15-19(2)31)16-32-21-9-11-22(12-10-21)34-27-29-23-13-14-24(25(28)26(23)30(27)3)33-17-20-7-5-4-6-8-20/h4-8,13-14,18,21-22H,9-12,15-17H2,1-3H3/t18-,21?,22?/m1/s1. The molecule has 1 aromatic heterocycles. The van der Waals surface area contributed by atoms with Gasteiger partial charge in [-0.05, 0) is 56.2 Å². The smallest absolute Gasteiger partial charge is 0.297 e. The molecule has 0 unspecified atom stereocenters. The lowest BCUT2D eigenvalue weighted by Gasteiger charge is -2.29. The highest BCUT2D eigenvalue weighted by atomic mass is 19.1. The molecule has 1 saturated carbocycles. The summed E-state index contributed by atoms with van der Waals surface area (Å²) in [5.41, 5.74) is 1.89. The second-order valence-corrected chi connectivity index (χ2v) is 9.33. The van der Waals surface area contributed by atoms with Crippen LogP contribution in [0.1, 0.15) is 51.5 Å². The van der Waals surface area contributed by atoms with Crippen LogP contribution in [-0.2, 0) is 23.2 Å². The van der Waals surface area contributed by atoms with E-state index in [0.717, 1.165) is 31.2 Å². The third-order valence-corrected chi connectivity index (χ3v) is 6.28. The number of carbonyl (C=O) groups excluding carboxylic acids is 1. The summed E-state index contributed by atoms with van der Waals surface area (Å²) in [6.45, 7) is 4.56. The van der Waals surface area contributed by atoms with E-state index in [1.807, 2.05) is 37.3 Å². The molecule has 1 aliphatic carbocycles. The number of hydrogen-bond donors (Lipinski definition) is 0. The summed E-state index contributed by atoms with van der Waals surface area (Å²) in [6, 6.07) is 13.5. The molecule has 6 nitrogen and oxygen atoms in total. The first kappa shape index (κ1) is 24.2. The predicted octanol–water partition coefficient (Wildman–Crippen LogP) is 5.61. The van der Waals surface area contributed by atoms with Crippen LogP contribution in [0.25, 0.3) is 11.0 Å². The second kappa shape index (κ2) is 11.0. The fourth-order valence-electron chi connectivity index (χ4n) is 4.49. The Morgan fingerprint density at radius 2 is 1.82 bits per heavy atom. The minimum Gasteiger partial charge on any atom is -0.486 e. The molecule has 3 aromatic rings. The van der Waals surface area contributed by atoms with Crippen LogP contribution in [0.5, 0.6) is 11.8 Å². The molecule has 1 fully saturated rings. The van der Waals surface area contributed by atoms with Crippen LogP contribution in [0.4, 0.5) is 4.39 Å². The number of benzene rings is 2. The second-order valence-electron chi connectivity index (χ2n) is 9.33. The van der Waals surface area contributed by atoms with E-state index >= 15 is 4.39 Å². The average molecular weight is 469 g/mol. The van der Waals surface area contributed by atoms with Crippen LogP contribution in [0.2, 0.25) is 0 Å². The Kier molecular flexibility index (Phi) is 7.83. The Labute approximate surface area is 200 Å². The Balaban J connectivity index is 1.34. The number of aryl methyl sites for hydroxylation is 1. The summed E-state index contributed by atoms with van der Waals surface area (Å²) in [6.07, 6.45) is 4.26. The maximum absolute atomic E-state index is 15.2. The molecule has 1 aliphatic rings. The van der Waals surface area contributed by atoms with Crippen molar-refractivity contribution in [3.05, 3.63) is 53.8 Å². The van der Waals surface area contributed by atoms with Crippen LogP contribution < -0.4 is 9.47 Å². The number of imidazole rings is 1. The molecular weight excluding hydrogens is 435 g/mol. The fourth-order valence-corrected chi connectivity index (χ4v) is 4.49. The molecule has 0 bridgehead atoms. The van der Waals surface area contributed by atoms with Crippen molar-refractivity contribution in [2.75, 3.05) is 6.61 Å². The van der Waals surface area contributed by atoms with Gasteiger partial charge in [0.2, 0.25) is 0 Å². The maximum atomic E-state index is 15.2. The van der Waals surface area contributed by atoms with Gasteiger partial charge in [0, 0.05) is 20.1 Å². The summed E-state index contributed by atoms with van der Waals surface area (Å²) in [7, 11) is 1.76. The number of rotatable bonds is 10. The van der Waals surface area contributed by atoms with Gasteiger partial charge < -0.3 is 19.0 Å². The van der Waals surface area contributed by atoms with Crippen molar-refractivity contribution in [1.29, 1.82) is 0 Å². The minimum atomic E-state index is -0.435. The highest BCUT2D eigenvalue weighted by Gasteiger charge is 2.26. The molecule has 2 aromatic carbocycles. The molecule has 0 aliphatic heterocycles. The van der Waals surface area contributed by atoms with Gasteiger partial charge in [0.15, 0.2) is 11.6 Å². The van der Waals surface area contributed by atoms with Crippen molar-refractivity contribution in [3.8, 4) is 11.8 Å². The van der Waals surface area contributed by atoms with E-state index < -0.39 is 5.82 Å². The Hall–Kier alpha value is -2.93. The molecule has 1 heterocycles. The fraction of sp³-hybridized carbons (Fsp3) is 0.481. The van der Waals surface area contributed by atoms with E-state index in [-0.39, 0.29) is 29.7 Å². The monoisotopic (exact) mass is 468 g/mol. The van der Waals surface area contributed by atoms with Gasteiger partial charge >= 0.3 is 0 Å². The number of Topliss-reactive ketones (excluding diaryl/α,β-unsaturated/α-hetero) is 1. The lowest BCUT2D eigenvalue weighted by atomic mass is 9.95. The molecule has 0 amide bonds. The Bertz CT molecular complexity index is 1110. The third-order valence-electron chi connectivity index (χ3n) is 6.28. The largest absolute Gasteiger partial charge is 0.486 e. The van der Waals surface area contributed by atoms with Crippen molar-refractivity contribution in [2.45, 2.75) is 64.8 Å². The van der Waals surface area contributed by atoms with Crippen molar-refractivity contribution in [1.82, 2.24) is 9.55 Å². The maximum Gasteiger partial charge on any atom is 0.297 e. The van der Waals surface area contributed by atoms with E-state index in [1.54, 1.807) is 30.7 Å².